The van der Waals surface area contributed by atoms with E-state index in [1.807, 2.05) is 115 Å². The standard InChI is InChI=1S/C49H33N5/c1-6-18-34(19-7-1)43-44(35-20-8-2-9-21-35)51-46(45(50-43)36-22-10-3-11-23-36)41-30-16-28-39(32-41)40-29-17-31-42(33-40)49-53-47(37-24-12-4-13-25-37)52-48(54-49)38-26-14-5-15-27-38/h1-33H. The second-order valence-electron chi connectivity index (χ2n) is 12.9. The van der Waals surface area contributed by atoms with Crippen LogP contribution >= 0.6 is 0 Å². The predicted molar refractivity (Wildman–Crippen MR) is 219 cm³/mol. The number of hydrogen-bond donors (Lipinski definition) is 0. The molecule has 0 aliphatic carbocycles. The van der Waals surface area contributed by atoms with Gasteiger partial charge in [-0.1, -0.05) is 188 Å². The third-order valence-corrected chi connectivity index (χ3v) is 9.33. The summed E-state index contributed by atoms with van der Waals surface area (Å²) < 4.78 is 0. The van der Waals surface area contributed by atoms with Gasteiger partial charge in [-0.25, -0.2) is 24.9 Å². The highest BCUT2D eigenvalue weighted by molar-refractivity contribution is 5.87. The fraction of sp³-hybridized carbons (Fsp3) is 0. The molecule has 5 heteroatoms. The Morgan fingerprint density at radius 2 is 0.444 bits per heavy atom. The zero-order chi connectivity index (χ0) is 36.1. The molecule has 0 saturated heterocycles. The van der Waals surface area contributed by atoms with Crippen LogP contribution in [0.1, 0.15) is 0 Å². The number of rotatable bonds is 8. The normalized spacial score (nSPS) is 11.0. The molecule has 5 nitrogen and oxygen atoms in total. The molecule has 0 aliphatic rings. The molecule has 0 spiro atoms. The van der Waals surface area contributed by atoms with Crippen LogP contribution in [0.2, 0.25) is 0 Å². The Hall–Kier alpha value is -7.37. The Labute approximate surface area is 314 Å². The summed E-state index contributed by atoms with van der Waals surface area (Å²) in [6.45, 7) is 0. The second-order valence-corrected chi connectivity index (χ2v) is 12.9. The maximum absolute atomic E-state index is 5.45. The van der Waals surface area contributed by atoms with E-state index in [9.17, 15) is 0 Å². The Morgan fingerprint density at radius 3 is 0.833 bits per heavy atom. The van der Waals surface area contributed by atoms with Crippen LogP contribution in [0.5, 0.6) is 0 Å². The third kappa shape index (κ3) is 6.70. The number of benzene rings is 7. The molecule has 0 N–H and O–H groups in total. The van der Waals surface area contributed by atoms with E-state index in [-0.39, 0.29) is 0 Å². The molecule has 0 aliphatic heterocycles. The van der Waals surface area contributed by atoms with Gasteiger partial charge in [-0.2, -0.15) is 0 Å². The first-order chi connectivity index (χ1) is 26.8. The van der Waals surface area contributed by atoms with E-state index in [0.717, 1.165) is 72.8 Å². The molecular formula is C49H33N5. The summed E-state index contributed by atoms with van der Waals surface area (Å²) in [6.07, 6.45) is 0. The zero-order valence-corrected chi connectivity index (χ0v) is 29.3. The first-order valence-corrected chi connectivity index (χ1v) is 17.9. The van der Waals surface area contributed by atoms with E-state index in [1.165, 1.54) is 0 Å². The van der Waals surface area contributed by atoms with E-state index in [2.05, 4.69) is 84.9 Å². The Bertz CT molecular complexity index is 2630. The maximum Gasteiger partial charge on any atom is 0.164 e. The van der Waals surface area contributed by atoms with Crippen LogP contribution in [0.3, 0.4) is 0 Å². The minimum Gasteiger partial charge on any atom is -0.243 e. The lowest BCUT2D eigenvalue weighted by molar-refractivity contribution is 1.07. The summed E-state index contributed by atoms with van der Waals surface area (Å²) in [5.41, 5.74) is 12.2. The first kappa shape index (κ1) is 32.5. The molecular weight excluding hydrogens is 659 g/mol. The van der Waals surface area contributed by atoms with Gasteiger partial charge in [0, 0.05) is 38.9 Å². The van der Waals surface area contributed by atoms with Crippen molar-refractivity contribution in [2.24, 2.45) is 0 Å². The van der Waals surface area contributed by atoms with Crippen LogP contribution < -0.4 is 0 Å². The smallest absolute Gasteiger partial charge is 0.164 e. The van der Waals surface area contributed by atoms with Gasteiger partial charge in [0.1, 0.15) is 0 Å². The zero-order valence-electron chi connectivity index (χ0n) is 29.3. The average molecular weight is 692 g/mol. The largest absolute Gasteiger partial charge is 0.243 e. The van der Waals surface area contributed by atoms with Gasteiger partial charge in [-0.15, -0.1) is 0 Å². The van der Waals surface area contributed by atoms with Crippen LogP contribution in [0.25, 0.3) is 90.3 Å². The molecule has 7 aromatic carbocycles. The van der Waals surface area contributed by atoms with E-state index >= 15 is 0 Å². The molecule has 2 heterocycles. The molecule has 0 fully saturated rings. The lowest BCUT2D eigenvalue weighted by Crippen LogP contribution is -2.01. The second kappa shape index (κ2) is 14.7. The summed E-state index contributed by atoms with van der Waals surface area (Å²) >= 11 is 0. The van der Waals surface area contributed by atoms with Crippen LogP contribution in [0.15, 0.2) is 200 Å². The van der Waals surface area contributed by atoms with E-state index in [4.69, 9.17) is 24.9 Å². The molecule has 54 heavy (non-hydrogen) atoms. The molecule has 0 radical (unpaired) electrons. The number of hydrogen-bond acceptors (Lipinski definition) is 5. The number of nitrogens with zero attached hydrogens (tertiary/aromatic N) is 5. The van der Waals surface area contributed by atoms with Crippen molar-refractivity contribution in [3.8, 4) is 90.3 Å². The van der Waals surface area contributed by atoms with E-state index in [0.29, 0.717) is 17.5 Å². The molecule has 9 aromatic rings. The van der Waals surface area contributed by atoms with Crippen molar-refractivity contribution in [3.05, 3.63) is 200 Å². The molecule has 9 rings (SSSR count). The maximum atomic E-state index is 5.45. The molecule has 0 amide bonds. The van der Waals surface area contributed by atoms with E-state index in [1.54, 1.807) is 0 Å². The Morgan fingerprint density at radius 1 is 0.185 bits per heavy atom. The average Bonchev–Trinajstić information content (AvgIpc) is 3.27. The van der Waals surface area contributed by atoms with Gasteiger partial charge in [0.05, 0.1) is 22.8 Å². The Balaban J connectivity index is 1.18. The van der Waals surface area contributed by atoms with Crippen molar-refractivity contribution >= 4 is 0 Å². The van der Waals surface area contributed by atoms with Crippen molar-refractivity contribution in [3.63, 3.8) is 0 Å². The summed E-state index contributed by atoms with van der Waals surface area (Å²) in [5.74, 6) is 1.88. The third-order valence-electron chi connectivity index (χ3n) is 9.33. The highest BCUT2D eigenvalue weighted by Gasteiger charge is 2.20. The fourth-order valence-corrected chi connectivity index (χ4v) is 6.65. The summed E-state index contributed by atoms with van der Waals surface area (Å²) in [4.78, 5) is 25.7. The lowest BCUT2D eigenvalue weighted by Gasteiger charge is -2.16. The molecule has 254 valence electrons. The topological polar surface area (TPSA) is 64.5 Å². The van der Waals surface area contributed by atoms with Gasteiger partial charge in [-0.05, 0) is 23.3 Å². The van der Waals surface area contributed by atoms with Gasteiger partial charge in [0.15, 0.2) is 17.5 Å². The predicted octanol–water partition coefficient (Wildman–Crippen LogP) is 12.0. The van der Waals surface area contributed by atoms with Crippen LogP contribution in [-0.2, 0) is 0 Å². The van der Waals surface area contributed by atoms with Gasteiger partial charge >= 0.3 is 0 Å². The molecule has 0 atom stereocenters. The van der Waals surface area contributed by atoms with Gasteiger partial charge in [0.25, 0.3) is 0 Å². The monoisotopic (exact) mass is 691 g/mol. The van der Waals surface area contributed by atoms with Gasteiger partial charge in [0.2, 0.25) is 0 Å². The van der Waals surface area contributed by atoms with Crippen molar-refractivity contribution in [2.75, 3.05) is 0 Å². The van der Waals surface area contributed by atoms with Crippen molar-refractivity contribution in [1.29, 1.82) is 0 Å². The summed E-state index contributed by atoms with van der Waals surface area (Å²) in [6, 6.07) is 67.9. The van der Waals surface area contributed by atoms with Crippen LogP contribution in [-0.4, -0.2) is 24.9 Å². The van der Waals surface area contributed by atoms with Crippen molar-refractivity contribution in [2.45, 2.75) is 0 Å². The molecule has 0 saturated carbocycles. The summed E-state index contributed by atoms with van der Waals surface area (Å²) in [5, 5.41) is 0. The SMILES string of the molecule is c1ccc(-c2nc(-c3ccccc3)nc(-c3cccc(-c4cccc(-c5nc(-c6ccccc6)c(-c6ccccc6)nc5-c5ccccc5)c4)c3)n2)cc1. The Kier molecular flexibility index (Phi) is 8.86. The van der Waals surface area contributed by atoms with Gasteiger partial charge < -0.3 is 0 Å². The minimum absolute atomic E-state index is 0.613. The molecule has 2 aromatic heterocycles. The summed E-state index contributed by atoms with van der Waals surface area (Å²) in [7, 11) is 0. The van der Waals surface area contributed by atoms with Crippen LogP contribution in [0.4, 0.5) is 0 Å². The van der Waals surface area contributed by atoms with Crippen molar-refractivity contribution in [1.82, 2.24) is 24.9 Å². The van der Waals surface area contributed by atoms with Gasteiger partial charge in [-0.3, -0.25) is 0 Å². The van der Waals surface area contributed by atoms with E-state index < -0.39 is 0 Å². The quantitative estimate of drug-likeness (QED) is 0.159. The van der Waals surface area contributed by atoms with Crippen molar-refractivity contribution < 1.29 is 0 Å². The minimum atomic E-state index is 0.613. The lowest BCUT2D eigenvalue weighted by atomic mass is 9.96. The fourth-order valence-electron chi connectivity index (χ4n) is 6.65. The first-order valence-electron chi connectivity index (χ1n) is 17.9. The molecule has 0 bridgehead atoms. The number of aromatic nitrogens is 5. The van der Waals surface area contributed by atoms with Crippen LogP contribution in [0, 0.1) is 0 Å². The highest BCUT2D eigenvalue weighted by atomic mass is 15.0. The highest BCUT2D eigenvalue weighted by Crippen LogP contribution is 2.38. The molecule has 0 unspecified atom stereocenters.